The number of benzene rings is 1. The van der Waals surface area contributed by atoms with Crippen LogP contribution in [0.15, 0.2) is 24.3 Å². The Morgan fingerprint density at radius 2 is 1.22 bits per heavy atom. The summed E-state index contributed by atoms with van der Waals surface area (Å²) in [6.07, 6.45) is -12.5. The number of halogens is 12. The summed E-state index contributed by atoms with van der Waals surface area (Å²) in [5.41, 5.74) is -1.72. The van der Waals surface area contributed by atoms with Gasteiger partial charge < -0.3 is 4.18 Å². The third kappa shape index (κ3) is 3.89. The highest BCUT2D eigenvalue weighted by molar-refractivity contribution is 7.88. The number of alkyl halides is 12. The van der Waals surface area contributed by atoms with Crippen molar-refractivity contribution in [1.82, 2.24) is 0 Å². The van der Waals surface area contributed by atoms with E-state index in [1.165, 1.54) is 0 Å². The first-order valence-corrected chi connectivity index (χ1v) is 7.41. The van der Waals surface area contributed by atoms with Gasteiger partial charge in [-0.25, -0.2) is 0 Å². The molecule has 0 atom stereocenters. The van der Waals surface area contributed by atoms with Crippen LogP contribution in [0.5, 0.6) is 5.75 Å². The molecule has 3 nitrogen and oxygen atoms in total. The zero-order valence-corrected chi connectivity index (χ0v) is 12.8. The van der Waals surface area contributed by atoms with Crippen molar-refractivity contribution in [3.8, 4) is 5.75 Å². The Morgan fingerprint density at radius 1 is 0.741 bits per heavy atom. The smallest absolute Gasteiger partial charge is 0.378 e. The van der Waals surface area contributed by atoms with E-state index in [-0.39, 0.29) is 18.2 Å². The lowest BCUT2D eigenvalue weighted by molar-refractivity contribution is -0.382. The fourth-order valence-corrected chi connectivity index (χ4v) is 2.32. The van der Waals surface area contributed by atoms with E-state index in [0.717, 1.165) is 0 Å². The molecule has 1 aromatic carbocycles. The van der Waals surface area contributed by atoms with Gasteiger partial charge in [0.05, 0.1) is 5.56 Å². The second-order valence-corrected chi connectivity index (χ2v) is 6.31. The van der Waals surface area contributed by atoms with Gasteiger partial charge >= 0.3 is 39.6 Å². The molecule has 27 heavy (non-hydrogen) atoms. The second-order valence-electron chi connectivity index (χ2n) is 4.73. The van der Waals surface area contributed by atoms with Gasteiger partial charge in [-0.3, -0.25) is 0 Å². The minimum atomic E-state index is -7.56. The lowest BCUT2D eigenvalue weighted by Gasteiger charge is -2.32. The Hall–Kier alpha value is -1.87. The van der Waals surface area contributed by atoms with Gasteiger partial charge in [-0.15, -0.1) is 0 Å². The summed E-state index contributed by atoms with van der Waals surface area (Å²) in [4.78, 5) is 0. The molecule has 0 radical (unpaired) electrons. The van der Waals surface area contributed by atoms with Gasteiger partial charge in [-0.2, -0.15) is 61.1 Å². The zero-order valence-electron chi connectivity index (χ0n) is 12.0. The molecule has 0 aliphatic heterocycles. The maximum atomic E-state index is 13.4. The van der Waals surface area contributed by atoms with Gasteiger partial charge in [0.25, 0.3) is 0 Å². The van der Waals surface area contributed by atoms with Gasteiger partial charge in [0, 0.05) is 0 Å². The lowest BCUT2D eigenvalue weighted by atomic mass is 10.1. The van der Waals surface area contributed by atoms with Crippen molar-refractivity contribution in [3.63, 3.8) is 0 Å². The number of rotatable bonds is 5. The molecule has 0 aromatic heterocycles. The van der Waals surface area contributed by atoms with Crippen molar-refractivity contribution in [1.29, 1.82) is 0 Å². The highest BCUT2D eigenvalue weighted by Gasteiger charge is 2.86. The Kier molecular flexibility index (Phi) is 5.44. The van der Waals surface area contributed by atoms with Crippen LogP contribution >= 0.6 is 0 Å². The van der Waals surface area contributed by atoms with Gasteiger partial charge in [0.1, 0.15) is 5.75 Å². The van der Waals surface area contributed by atoms with E-state index in [4.69, 9.17) is 0 Å². The molecule has 0 saturated heterocycles. The molecular weight excluding hydrogens is 440 g/mol. The first-order valence-electron chi connectivity index (χ1n) is 6.00. The molecule has 0 amide bonds. The minimum Gasteiger partial charge on any atom is -0.378 e. The third-order valence-corrected chi connectivity index (χ3v) is 4.09. The maximum absolute atomic E-state index is 13.4. The molecule has 0 fully saturated rings. The Morgan fingerprint density at radius 3 is 1.63 bits per heavy atom. The number of hydrogen-bond acceptors (Lipinski definition) is 3. The average molecular weight is 444 g/mol. The normalized spacial score (nSPS) is 15.0. The largest absolute Gasteiger partial charge is 0.460 e. The molecule has 0 saturated carbocycles. The van der Waals surface area contributed by atoms with Crippen molar-refractivity contribution in [2.24, 2.45) is 0 Å². The van der Waals surface area contributed by atoms with Crippen LogP contribution in [0.25, 0.3) is 0 Å². The first kappa shape index (κ1) is 23.2. The van der Waals surface area contributed by atoms with Crippen LogP contribution in [-0.4, -0.2) is 31.7 Å². The van der Waals surface area contributed by atoms with Crippen molar-refractivity contribution in [2.75, 3.05) is 0 Å². The molecule has 0 spiro atoms. The monoisotopic (exact) mass is 444 g/mol. The van der Waals surface area contributed by atoms with Crippen molar-refractivity contribution in [3.05, 3.63) is 29.8 Å². The molecule has 1 aromatic rings. The summed E-state index contributed by atoms with van der Waals surface area (Å²) < 4.78 is 177. The predicted molar refractivity (Wildman–Crippen MR) is 61.9 cm³/mol. The van der Waals surface area contributed by atoms with Crippen LogP contribution in [0.1, 0.15) is 5.56 Å². The summed E-state index contributed by atoms with van der Waals surface area (Å²) >= 11 is 0. The molecule has 16 heteroatoms. The van der Waals surface area contributed by atoms with Gasteiger partial charge in [-0.05, 0) is 18.2 Å². The molecular formula is C11H4F12O3S. The summed E-state index contributed by atoms with van der Waals surface area (Å²) in [5.74, 6) is -16.8. The van der Waals surface area contributed by atoms with Gasteiger partial charge in [-0.1, -0.05) is 6.07 Å². The van der Waals surface area contributed by atoms with Crippen molar-refractivity contribution in [2.45, 2.75) is 29.5 Å². The van der Waals surface area contributed by atoms with Gasteiger partial charge in [0.15, 0.2) is 0 Å². The van der Waals surface area contributed by atoms with E-state index in [1.54, 1.807) is 0 Å². The topological polar surface area (TPSA) is 43.4 Å². The van der Waals surface area contributed by atoms with E-state index < -0.39 is 50.9 Å². The van der Waals surface area contributed by atoms with Crippen LogP contribution in [0.2, 0.25) is 0 Å². The summed E-state index contributed by atoms with van der Waals surface area (Å²) in [5, 5.41) is -7.17. The van der Waals surface area contributed by atoms with Crippen LogP contribution in [0.3, 0.4) is 0 Å². The fourth-order valence-electron chi connectivity index (χ4n) is 1.42. The SMILES string of the molecule is O=S(=O)(Oc1cccc(C(F)(F)F)c1)C(F)(F)C(F)(F)C(F)(F)C(F)(F)F. The Balaban J connectivity index is 3.38. The summed E-state index contributed by atoms with van der Waals surface area (Å²) in [6.45, 7) is 0. The van der Waals surface area contributed by atoms with Crippen LogP contribution in [0, 0.1) is 0 Å². The van der Waals surface area contributed by atoms with Crippen LogP contribution in [0.4, 0.5) is 52.7 Å². The Labute approximate surface area is 141 Å². The summed E-state index contributed by atoms with van der Waals surface area (Å²) in [7, 11) is -7.31. The molecule has 0 bridgehead atoms. The highest BCUT2D eigenvalue weighted by Crippen LogP contribution is 2.55. The molecule has 0 heterocycles. The quantitative estimate of drug-likeness (QED) is 0.483. The summed E-state index contributed by atoms with van der Waals surface area (Å²) in [6, 6.07) is 0.578. The molecule has 0 N–H and O–H groups in total. The van der Waals surface area contributed by atoms with E-state index in [9.17, 15) is 61.1 Å². The standard InChI is InChI=1S/C11H4F12O3S/c12-7(13,14)5-2-1-3-6(4-5)26-27(24,25)11(22,23)9(17,18)8(15,16)10(19,20)21/h1-4H. The molecule has 0 unspecified atom stereocenters. The molecule has 1 rings (SSSR count). The highest BCUT2D eigenvalue weighted by atomic mass is 32.2. The fraction of sp³-hybridized carbons (Fsp3) is 0.455. The lowest BCUT2D eigenvalue weighted by Crippen LogP contribution is -2.63. The van der Waals surface area contributed by atoms with Crippen LogP contribution in [-0.2, 0) is 16.3 Å². The van der Waals surface area contributed by atoms with E-state index in [2.05, 4.69) is 4.18 Å². The third-order valence-electron chi connectivity index (χ3n) is 2.80. The van der Waals surface area contributed by atoms with E-state index in [0.29, 0.717) is 6.07 Å². The first-order chi connectivity index (χ1) is 11.7. The predicted octanol–water partition coefficient (Wildman–Crippen LogP) is 4.84. The molecule has 0 aliphatic carbocycles. The number of hydrogen-bond donors (Lipinski definition) is 0. The van der Waals surface area contributed by atoms with Crippen LogP contribution < -0.4 is 4.18 Å². The van der Waals surface area contributed by atoms with E-state index in [1.807, 2.05) is 0 Å². The minimum absolute atomic E-state index is 0.225. The van der Waals surface area contributed by atoms with Crippen molar-refractivity contribution >= 4 is 10.1 Å². The zero-order chi connectivity index (χ0) is 21.7. The second kappa shape index (κ2) is 6.34. The molecule has 0 aliphatic rings. The van der Waals surface area contributed by atoms with Crippen molar-refractivity contribution < 1.29 is 65.3 Å². The average Bonchev–Trinajstić information content (AvgIpc) is 2.44. The molecule has 156 valence electrons. The van der Waals surface area contributed by atoms with E-state index >= 15 is 0 Å². The maximum Gasteiger partial charge on any atom is 0.460 e. The Bertz CT molecular complexity index is 794. The van der Waals surface area contributed by atoms with Gasteiger partial charge in [0.2, 0.25) is 0 Å².